The Bertz CT molecular complexity index is 1130. The van der Waals surface area contributed by atoms with Gasteiger partial charge in [-0.15, -0.1) is 0 Å². The van der Waals surface area contributed by atoms with Crippen molar-refractivity contribution in [2.45, 2.75) is 17.2 Å². The molecule has 0 saturated heterocycles. The van der Waals surface area contributed by atoms with Crippen molar-refractivity contribution in [1.82, 2.24) is 9.97 Å². The van der Waals surface area contributed by atoms with E-state index in [0.29, 0.717) is 0 Å². The van der Waals surface area contributed by atoms with E-state index in [4.69, 9.17) is 5.14 Å². The average Bonchev–Trinajstić information content (AvgIpc) is 3.06. The first-order valence-corrected chi connectivity index (χ1v) is 9.29. The number of imidazole rings is 1. The van der Waals surface area contributed by atoms with Crippen LogP contribution in [-0.2, 0) is 22.4 Å². The minimum Gasteiger partial charge on any atom is -0.334 e. The van der Waals surface area contributed by atoms with Crippen LogP contribution in [0.2, 0.25) is 0 Å². The highest BCUT2D eigenvalue weighted by atomic mass is 32.2. The Morgan fingerprint density at radius 1 is 0.793 bits per heavy atom. The standard InChI is InChI=1S/C17H11F6N3O2S/c18-16(19,20)11-5-1-9(2-6-11)13-14(26-15(25-13)17(21,22)23)10-3-7-12(8-4-10)29(24,27)28/h1-8H,(H,25,26)(H2,24,27,28). The largest absolute Gasteiger partial charge is 0.449 e. The summed E-state index contributed by atoms with van der Waals surface area (Å²) >= 11 is 0. The summed E-state index contributed by atoms with van der Waals surface area (Å²) in [6, 6.07) is 8.06. The number of halogens is 6. The van der Waals surface area contributed by atoms with Gasteiger partial charge in [-0.05, 0) is 24.3 Å². The van der Waals surface area contributed by atoms with Gasteiger partial charge in [-0.1, -0.05) is 24.3 Å². The molecule has 0 fully saturated rings. The molecule has 0 spiro atoms. The van der Waals surface area contributed by atoms with Crippen molar-refractivity contribution in [3.05, 3.63) is 59.9 Å². The first-order chi connectivity index (χ1) is 13.3. The normalized spacial score (nSPS) is 12.9. The smallest absolute Gasteiger partial charge is 0.334 e. The Kier molecular flexibility index (Phi) is 4.95. The van der Waals surface area contributed by atoms with Crippen molar-refractivity contribution in [2.24, 2.45) is 5.14 Å². The molecule has 1 heterocycles. The van der Waals surface area contributed by atoms with E-state index in [1.165, 1.54) is 12.1 Å². The van der Waals surface area contributed by atoms with E-state index in [9.17, 15) is 34.8 Å². The third kappa shape index (κ3) is 4.43. The number of sulfonamides is 1. The van der Waals surface area contributed by atoms with Gasteiger partial charge in [0.1, 0.15) is 0 Å². The molecule has 0 saturated carbocycles. The van der Waals surface area contributed by atoms with Crippen molar-refractivity contribution in [3.63, 3.8) is 0 Å². The predicted molar refractivity (Wildman–Crippen MR) is 90.8 cm³/mol. The third-order valence-electron chi connectivity index (χ3n) is 3.93. The minimum atomic E-state index is -4.83. The number of hydrogen-bond donors (Lipinski definition) is 2. The second kappa shape index (κ2) is 6.88. The zero-order valence-corrected chi connectivity index (χ0v) is 15.0. The molecule has 0 amide bonds. The lowest BCUT2D eigenvalue weighted by molar-refractivity contribution is -0.144. The molecule has 3 N–H and O–H groups in total. The number of rotatable bonds is 3. The van der Waals surface area contributed by atoms with E-state index < -0.39 is 33.8 Å². The van der Waals surface area contributed by atoms with Gasteiger partial charge < -0.3 is 4.98 Å². The molecule has 0 aliphatic rings. The summed E-state index contributed by atoms with van der Waals surface area (Å²) < 4.78 is 100. The van der Waals surface area contributed by atoms with E-state index in [1.54, 1.807) is 0 Å². The fraction of sp³-hybridized carbons (Fsp3) is 0.118. The van der Waals surface area contributed by atoms with Gasteiger partial charge in [-0.25, -0.2) is 18.5 Å². The first kappa shape index (κ1) is 20.9. The van der Waals surface area contributed by atoms with Gasteiger partial charge in [0, 0.05) is 11.1 Å². The molecule has 0 unspecified atom stereocenters. The van der Waals surface area contributed by atoms with Gasteiger partial charge in [-0.3, -0.25) is 0 Å². The number of alkyl halides is 6. The lowest BCUT2D eigenvalue weighted by Gasteiger charge is -2.08. The third-order valence-corrected chi connectivity index (χ3v) is 4.86. The summed E-state index contributed by atoms with van der Waals surface area (Å²) in [5.41, 5.74) is -1.20. The van der Waals surface area contributed by atoms with Gasteiger partial charge in [0.2, 0.25) is 15.8 Å². The molecule has 3 rings (SSSR count). The molecule has 12 heteroatoms. The van der Waals surface area contributed by atoms with E-state index >= 15 is 0 Å². The van der Waals surface area contributed by atoms with Crippen molar-refractivity contribution in [1.29, 1.82) is 0 Å². The fourth-order valence-corrected chi connectivity index (χ4v) is 3.07. The van der Waals surface area contributed by atoms with E-state index in [2.05, 4.69) is 9.97 Å². The van der Waals surface area contributed by atoms with Crippen molar-refractivity contribution in [2.75, 3.05) is 0 Å². The molecule has 0 aliphatic heterocycles. The number of primary sulfonamides is 1. The van der Waals surface area contributed by atoms with Gasteiger partial charge in [0.25, 0.3) is 0 Å². The number of nitrogens with zero attached hydrogens (tertiary/aromatic N) is 1. The molecule has 1 aromatic heterocycles. The lowest BCUT2D eigenvalue weighted by Crippen LogP contribution is -2.11. The van der Waals surface area contributed by atoms with Gasteiger partial charge in [0.15, 0.2) is 0 Å². The zero-order valence-electron chi connectivity index (χ0n) is 14.1. The highest BCUT2D eigenvalue weighted by Crippen LogP contribution is 2.37. The number of benzene rings is 2. The number of aromatic nitrogens is 2. The molecule has 0 radical (unpaired) electrons. The van der Waals surface area contributed by atoms with Crippen LogP contribution < -0.4 is 5.14 Å². The SMILES string of the molecule is NS(=O)(=O)c1ccc(-c2nc(C(F)(F)F)[nH]c2-c2ccc(C(F)(F)F)cc2)cc1. The molecule has 3 aromatic rings. The summed E-state index contributed by atoms with van der Waals surface area (Å²) in [6.07, 6.45) is -9.44. The number of nitrogens with two attached hydrogens (primary N) is 1. The Morgan fingerprint density at radius 2 is 1.31 bits per heavy atom. The number of aromatic amines is 1. The van der Waals surface area contributed by atoms with Crippen LogP contribution in [0.4, 0.5) is 26.3 Å². The van der Waals surface area contributed by atoms with Crippen LogP contribution in [0.1, 0.15) is 11.4 Å². The fourth-order valence-electron chi connectivity index (χ4n) is 2.55. The molecule has 29 heavy (non-hydrogen) atoms. The van der Waals surface area contributed by atoms with Crippen LogP contribution >= 0.6 is 0 Å². The molecule has 5 nitrogen and oxygen atoms in total. The summed E-state index contributed by atoms with van der Waals surface area (Å²) in [5, 5.41) is 4.99. The second-order valence-electron chi connectivity index (χ2n) is 5.95. The maximum atomic E-state index is 13.1. The van der Waals surface area contributed by atoms with Crippen molar-refractivity contribution in [3.8, 4) is 22.5 Å². The van der Waals surface area contributed by atoms with Crippen LogP contribution in [0.25, 0.3) is 22.5 Å². The summed E-state index contributed by atoms with van der Waals surface area (Å²) in [5.74, 6) is -1.35. The Labute approximate surface area is 160 Å². The molecule has 2 aromatic carbocycles. The quantitative estimate of drug-likeness (QED) is 0.597. The Balaban J connectivity index is 2.13. The van der Waals surface area contributed by atoms with Crippen molar-refractivity contribution >= 4 is 10.0 Å². The maximum absolute atomic E-state index is 13.1. The molecule has 0 atom stereocenters. The predicted octanol–water partition coefficient (Wildman–Crippen LogP) is 4.43. The molecule has 154 valence electrons. The Hall–Kier alpha value is -2.86. The van der Waals surface area contributed by atoms with Crippen molar-refractivity contribution < 1.29 is 34.8 Å². The highest BCUT2D eigenvalue weighted by Gasteiger charge is 2.36. The second-order valence-corrected chi connectivity index (χ2v) is 7.51. The van der Waals surface area contributed by atoms with Crippen LogP contribution in [0.5, 0.6) is 0 Å². The number of nitrogens with one attached hydrogen (secondary N) is 1. The Morgan fingerprint density at radius 3 is 1.76 bits per heavy atom. The van der Waals surface area contributed by atoms with Gasteiger partial charge >= 0.3 is 12.4 Å². The van der Waals surface area contributed by atoms with Crippen LogP contribution in [0, 0.1) is 0 Å². The molecule has 0 aliphatic carbocycles. The van der Waals surface area contributed by atoms with Crippen LogP contribution in [0.3, 0.4) is 0 Å². The number of H-pyrrole nitrogens is 1. The van der Waals surface area contributed by atoms with E-state index in [0.717, 1.165) is 36.4 Å². The monoisotopic (exact) mass is 435 g/mol. The van der Waals surface area contributed by atoms with E-state index in [-0.39, 0.29) is 27.4 Å². The molecule has 0 bridgehead atoms. The minimum absolute atomic E-state index is 0.0338. The van der Waals surface area contributed by atoms with Gasteiger partial charge in [-0.2, -0.15) is 26.3 Å². The lowest BCUT2D eigenvalue weighted by atomic mass is 10.0. The summed E-state index contributed by atoms with van der Waals surface area (Å²) in [6.45, 7) is 0. The van der Waals surface area contributed by atoms with Crippen LogP contribution in [0.15, 0.2) is 53.4 Å². The zero-order chi connectivity index (χ0) is 21.6. The van der Waals surface area contributed by atoms with Crippen LogP contribution in [-0.4, -0.2) is 18.4 Å². The maximum Gasteiger partial charge on any atom is 0.449 e. The topological polar surface area (TPSA) is 88.8 Å². The molecular weight excluding hydrogens is 424 g/mol. The number of hydrogen-bond acceptors (Lipinski definition) is 3. The van der Waals surface area contributed by atoms with E-state index in [1.807, 2.05) is 0 Å². The van der Waals surface area contributed by atoms with Gasteiger partial charge in [0.05, 0.1) is 21.8 Å². The first-order valence-electron chi connectivity index (χ1n) is 7.75. The summed E-state index contributed by atoms with van der Waals surface area (Å²) in [4.78, 5) is 5.33. The highest BCUT2D eigenvalue weighted by molar-refractivity contribution is 7.89. The molecular formula is C17H11F6N3O2S. The summed E-state index contributed by atoms with van der Waals surface area (Å²) in [7, 11) is -4.02. The average molecular weight is 435 g/mol.